The highest BCUT2D eigenvalue weighted by atomic mass is 19.1. The summed E-state index contributed by atoms with van der Waals surface area (Å²) in [5.74, 6) is -0.0393. The number of benzene rings is 1. The minimum absolute atomic E-state index is 0.0976. The highest BCUT2D eigenvalue weighted by Crippen LogP contribution is 2.26. The van der Waals surface area contributed by atoms with Gasteiger partial charge in [-0.3, -0.25) is 0 Å². The number of hydrogen-bond acceptors (Lipinski definition) is 1. The van der Waals surface area contributed by atoms with E-state index in [1.54, 1.807) is 13.0 Å². The molecule has 0 saturated carbocycles. The van der Waals surface area contributed by atoms with Gasteiger partial charge in [-0.15, -0.1) is 0 Å². The maximum atomic E-state index is 12.9. The van der Waals surface area contributed by atoms with Crippen molar-refractivity contribution in [3.05, 3.63) is 35.6 Å². The topological polar surface area (TPSA) is 17.1 Å². The van der Waals surface area contributed by atoms with E-state index < -0.39 is 0 Å². The van der Waals surface area contributed by atoms with Crippen molar-refractivity contribution in [2.24, 2.45) is 5.41 Å². The molecule has 0 fully saturated rings. The van der Waals surface area contributed by atoms with Crippen LogP contribution in [0.15, 0.2) is 24.3 Å². The molecular formula is C13H17FO. The van der Waals surface area contributed by atoms with Crippen LogP contribution in [0.4, 0.5) is 4.39 Å². The lowest BCUT2D eigenvalue weighted by Crippen LogP contribution is -2.18. The zero-order valence-electron chi connectivity index (χ0n) is 9.51. The summed E-state index contributed by atoms with van der Waals surface area (Å²) in [5, 5.41) is 0. The molecular weight excluding hydrogens is 191 g/mol. The number of ketones is 1. The molecule has 0 aliphatic heterocycles. The second-order valence-electron chi connectivity index (χ2n) is 4.85. The molecule has 0 heterocycles. The molecule has 82 valence electrons. The summed E-state index contributed by atoms with van der Waals surface area (Å²) in [6.45, 7) is 5.64. The van der Waals surface area contributed by atoms with Crippen LogP contribution in [-0.4, -0.2) is 5.78 Å². The van der Waals surface area contributed by atoms with Crippen molar-refractivity contribution in [1.29, 1.82) is 0 Å². The predicted molar refractivity (Wildman–Crippen MR) is 59.2 cm³/mol. The van der Waals surface area contributed by atoms with Gasteiger partial charge in [-0.05, 0) is 36.5 Å². The van der Waals surface area contributed by atoms with Gasteiger partial charge in [-0.25, -0.2) is 4.39 Å². The van der Waals surface area contributed by atoms with Gasteiger partial charge in [-0.2, -0.15) is 0 Å². The van der Waals surface area contributed by atoms with E-state index in [0.717, 1.165) is 12.0 Å². The molecule has 1 aromatic carbocycles. The molecule has 0 spiro atoms. The lowest BCUT2D eigenvalue weighted by molar-refractivity contribution is -0.118. The van der Waals surface area contributed by atoms with E-state index in [2.05, 4.69) is 0 Å². The van der Waals surface area contributed by atoms with Gasteiger partial charge in [0.2, 0.25) is 0 Å². The monoisotopic (exact) mass is 208 g/mol. The molecule has 1 nitrogen and oxygen atoms in total. The summed E-state index contributed by atoms with van der Waals surface area (Å²) in [5.41, 5.74) is 0.848. The Morgan fingerprint density at radius 3 is 2.60 bits per heavy atom. The fourth-order valence-electron chi connectivity index (χ4n) is 1.94. The second-order valence-corrected chi connectivity index (χ2v) is 4.85. The lowest BCUT2D eigenvalue weighted by atomic mass is 9.81. The van der Waals surface area contributed by atoms with Crippen molar-refractivity contribution < 1.29 is 9.18 Å². The first-order chi connectivity index (χ1) is 6.89. The molecule has 0 N–H and O–H groups in total. The average Bonchev–Trinajstić information content (AvgIpc) is 1.99. The SMILES string of the molecule is CC(=O)CC(C)(C)Cc1cccc(F)c1. The van der Waals surface area contributed by atoms with Crippen molar-refractivity contribution >= 4 is 5.78 Å². The summed E-state index contributed by atoms with van der Waals surface area (Å²) >= 11 is 0. The molecule has 0 saturated heterocycles. The van der Waals surface area contributed by atoms with E-state index in [-0.39, 0.29) is 17.0 Å². The molecule has 0 amide bonds. The molecule has 0 aliphatic rings. The minimum Gasteiger partial charge on any atom is -0.300 e. The molecule has 0 aliphatic carbocycles. The summed E-state index contributed by atoms with van der Waals surface area (Å²) in [4.78, 5) is 11.0. The van der Waals surface area contributed by atoms with Crippen LogP contribution in [0.25, 0.3) is 0 Å². The first-order valence-electron chi connectivity index (χ1n) is 5.13. The van der Waals surface area contributed by atoms with Crippen molar-refractivity contribution in [3.63, 3.8) is 0 Å². The Kier molecular flexibility index (Phi) is 3.61. The van der Waals surface area contributed by atoms with Crippen molar-refractivity contribution in [3.8, 4) is 0 Å². The fourth-order valence-corrected chi connectivity index (χ4v) is 1.94. The molecule has 15 heavy (non-hydrogen) atoms. The second kappa shape index (κ2) is 4.56. The van der Waals surface area contributed by atoms with E-state index in [1.807, 2.05) is 19.9 Å². The molecule has 1 aromatic rings. The van der Waals surface area contributed by atoms with Gasteiger partial charge in [-0.1, -0.05) is 26.0 Å². The molecule has 0 radical (unpaired) electrons. The zero-order valence-corrected chi connectivity index (χ0v) is 9.51. The van der Waals surface area contributed by atoms with Crippen LogP contribution in [0.3, 0.4) is 0 Å². The summed E-state index contributed by atoms with van der Waals surface area (Å²) in [6, 6.07) is 6.56. The van der Waals surface area contributed by atoms with Gasteiger partial charge in [0.1, 0.15) is 11.6 Å². The summed E-state index contributed by atoms with van der Waals surface area (Å²) < 4.78 is 12.9. The Labute approximate surface area is 90.3 Å². The van der Waals surface area contributed by atoms with Gasteiger partial charge in [0.05, 0.1) is 0 Å². The first-order valence-corrected chi connectivity index (χ1v) is 5.13. The summed E-state index contributed by atoms with van der Waals surface area (Å²) in [6.07, 6.45) is 1.26. The van der Waals surface area contributed by atoms with Crippen LogP contribution in [0, 0.1) is 11.2 Å². The third-order valence-electron chi connectivity index (χ3n) is 2.30. The number of rotatable bonds is 4. The first kappa shape index (κ1) is 11.9. The third-order valence-corrected chi connectivity index (χ3v) is 2.30. The quantitative estimate of drug-likeness (QED) is 0.741. The maximum absolute atomic E-state index is 12.9. The van der Waals surface area contributed by atoms with Gasteiger partial charge >= 0.3 is 0 Å². The highest BCUT2D eigenvalue weighted by molar-refractivity contribution is 5.76. The Balaban J connectivity index is 2.72. The lowest BCUT2D eigenvalue weighted by Gasteiger charge is -2.23. The van der Waals surface area contributed by atoms with E-state index in [9.17, 15) is 9.18 Å². The predicted octanol–water partition coefficient (Wildman–Crippen LogP) is 3.37. The minimum atomic E-state index is -0.217. The van der Waals surface area contributed by atoms with Crippen LogP contribution in [0.1, 0.15) is 32.8 Å². The third kappa shape index (κ3) is 4.24. The van der Waals surface area contributed by atoms with Gasteiger partial charge in [0, 0.05) is 6.42 Å². The molecule has 2 heteroatoms. The summed E-state index contributed by atoms with van der Waals surface area (Å²) in [7, 11) is 0. The number of hydrogen-bond donors (Lipinski definition) is 0. The van der Waals surface area contributed by atoms with Crippen LogP contribution in [-0.2, 0) is 11.2 Å². The average molecular weight is 208 g/mol. The van der Waals surface area contributed by atoms with Crippen LogP contribution < -0.4 is 0 Å². The Morgan fingerprint density at radius 1 is 1.40 bits per heavy atom. The largest absolute Gasteiger partial charge is 0.300 e. The Bertz CT molecular complexity index is 355. The Morgan fingerprint density at radius 2 is 2.07 bits per heavy atom. The van der Waals surface area contributed by atoms with E-state index in [4.69, 9.17) is 0 Å². The molecule has 1 rings (SSSR count). The fraction of sp³-hybridized carbons (Fsp3) is 0.462. The van der Waals surface area contributed by atoms with E-state index >= 15 is 0 Å². The van der Waals surface area contributed by atoms with Gasteiger partial charge < -0.3 is 4.79 Å². The van der Waals surface area contributed by atoms with E-state index in [1.165, 1.54) is 12.1 Å². The van der Waals surface area contributed by atoms with Crippen molar-refractivity contribution in [2.75, 3.05) is 0 Å². The highest BCUT2D eigenvalue weighted by Gasteiger charge is 2.20. The smallest absolute Gasteiger partial charge is 0.130 e. The van der Waals surface area contributed by atoms with Crippen molar-refractivity contribution in [1.82, 2.24) is 0 Å². The molecule has 0 aromatic heterocycles. The number of carbonyl (C=O) groups excluding carboxylic acids is 1. The molecule has 0 atom stereocenters. The van der Waals surface area contributed by atoms with E-state index in [0.29, 0.717) is 6.42 Å². The van der Waals surface area contributed by atoms with Crippen LogP contribution >= 0.6 is 0 Å². The molecule has 0 bridgehead atoms. The standard InChI is InChI=1S/C13H17FO/c1-10(15)8-13(2,3)9-11-5-4-6-12(14)7-11/h4-7H,8-9H2,1-3H3. The number of Topliss-reactive ketones (excluding diaryl/α,β-unsaturated/α-hetero) is 1. The maximum Gasteiger partial charge on any atom is 0.130 e. The van der Waals surface area contributed by atoms with Gasteiger partial charge in [0.25, 0.3) is 0 Å². The Hall–Kier alpha value is -1.18. The van der Waals surface area contributed by atoms with Crippen molar-refractivity contribution in [2.45, 2.75) is 33.6 Å². The number of halogens is 1. The van der Waals surface area contributed by atoms with Crippen LogP contribution in [0.2, 0.25) is 0 Å². The van der Waals surface area contributed by atoms with Crippen LogP contribution in [0.5, 0.6) is 0 Å². The van der Waals surface area contributed by atoms with Gasteiger partial charge in [0.15, 0.2) is 0 Å². The zero-order chi connectivity index (χ0) is 11.5. The number of carbonyl (C=O) groups is 1. The normalized spacial score (nSPS) is 11.5. The molecule has 0 unspecified atom stereocenters.